The molecule has 0 amide bonds. The molecule has 17 heavy (non-hydrogen) atoms. The summed E-state index contributed by atoms with van der Waals surface area (Å²) < 4.78 is 5.68. The Bertz CT molecular complexity index is 483. The van der Waals surface area contributed by atoms with Crippen LogP contribution in [0.5, 0.6) is 0 Å². The van der Waals surface area contributed by atoms with E-state index in [0.717, 1.165) is 16.1 Å². The normalized spacial score (nSPS) is 14.3. The van der Waals surface area contributed by atoms with Crippen molar-refractivity contribution in [2.75, 3.05) is 7.11 Å². The van der Waals surface area contributed by atoms with Gasteiger partial charge in [-0.05, 0) is 42.3 Å². The van der Waals surface area contributed by atoms with Gasteiger partial charge in [0.05, 0.1) is 0 Å². The number of hydrogen-bond acceptors (Lipinski definition) is 2. The maximum atomic E-state index is 5.90. The summed E-state index contributed by atoms with van der Waals surface area (Å²) in [6.45, 7) is 2.03. The SMILES string of the molecule is CO[C@@](C)(c1ccncc1)c1ccc(Cl)cc1. The number of methoxy groups -OCH3 is 1. The maximum absolute atomic E-state index is 5.90. The molecule has 2 aromatic rings. The third-order valence-electron chi connectivity index (χ3n) is 3.03. The smallest absolute Gasteiger partial charge is 0.115 e. The Balaban J connectivity index is 2.48. The van der Waals surface area contributed by atoms with Gasteiger partial charge in [-0.1, -0.05) is 23.7 Å². The summed E-state index contributed by atoms with van der Waals surface area (Å²) >= 11 is 5.90. The molecule has 0 radical (unpaired) electrons. The lowest BCUT2D eigenvalue weighted by atomic mass is 9.88. The van der Waals surface area contributed by atoms with Gasteiger partial charge in [-0.15, -0.1) is 0 Å². The van der Waals surface area contributed by atoms with Gasteiger partial charge in [0.1, 0.15) is 5.60 Å². The second kappa shape index (κ2) is 4.86. The van der Waals surface area contributed by atoms with Crippen LogP contribution >= 0.6 is 11.6 Å². The average Bonchev–Trinajstić information content (AvgIpc) is 2.40. The Morgan fingerprint density at radius 1 is 1.00 bits per heavy atom. The number of nitrogens with zero attached hydrogens (tertiary/aromatic N) is 1. The highest BCUT2D eigenvalue weighted by molar-refractivity contribution is 6.30. The van der Waals surface area contributed by atoms with Gasteiger partial charge in [-0.3, -0.25) is 4.98 Å². The van der Waals surface area contributed by atoms with Crippen molar-refractivity contribution in [3.05, 3.63) is 64.9 Å². The van der Waals surface area contributed by atoms with E-state index in [-0.39, 0.29) is 0 Å². The molecule has 0 bridgehead atoms. The minimum Gasteiger partial charge on any atom is -0.369 e. The molecule has 0 spiro atoms. The fraction of sp³-hybridized carbons (Fsp3) is 0.214. The zero-order chi connectivity index (χ0) is 12.3. The Hall–Kier alpha value is -1.38. The van der Waals surface area contributed by atoms with Crippen LogP contribution in [0.1, 0.15) is 18.1 Å². The van der Waals surface area contributed by atoms with Gasteiger partial charge in [0, 0.05) is 24.5 Å². The number of aromatic nitrogens is 1. The van der Waals surface area contributed by atoms with Crippen LogP contribution in [-0.4, -0.2) is 12.1 Å². The molecule has 1 heterocycles. The predicted molar refractivity (Wildman–Crippen MR) is 69.2 cm³/mol. The average molecular weight is 248 g/mol. The summed E-state index contributed by atoms with van der Waals surface area (Å²) in [7, 11) is 1.70. The van der Waals surface area contributed by atoms with Crippen molar-refractivity contribution in [2.45, 2.75) is 12.5 Å². The van der Waals surface area contributed by atoms with Gasteiger partial charge in [0.15, 0.2) is 0 Å². The number of rotatable bonds is 3. The minimum absolute atomic E-state index is 0.479. The van der Waals surface area contributed by atoms with Crippen molar-refractivity contribution in [3.63, 3.8) is 0 Å². The molecule has 2 nitrogen and oxygen atoms in total. The van der Waals surface area contributed by atoms with Crippen molar-refractivity contribution in [3.8, 4) is 0 Å². The van der Waals surface area contributed by atoms with E-state index >= 15 is 0 Å². The first-order valence-corrected chi connectivity index (χ1v) is 5.76. The van der Waals surface area contributed by atoms with Crippen molar-refractivity contribution < 1.29 is 4.74 Å². The van der Waals surface area contributed by atoms with Crippen LogP contribution in [0.4, 0.5) is 0 Å². The summed E-state index contributed by atoms with van der Waals surface area (Å²) in [6, 6.07) is 11.6. The zero-order valence-electron chi connectivity index (χ0n) is 9.85. The van der Waals surface area contributed by atoms with Crippen molar-refractivity contribution in [2.24, 2.45) is 0 Å². The van der Waals surface area contributed by atoms with Gasteiger partial charge < -0.3 is 4.74 Å². The van der Waals surface area contributed by atoms with Gasteiger partial charge in [0.2, 0.25) is 0 Å². The van der Waals surface area contributed by atoms with Crippen LogP contribution in [0, 0.1) is 0 Å². The summed E-state index contributed by atoms with van der Waals surface area (Å²) in [4.78, 5) is 4.02. The molecular formula is C14H14ClNO. The molecule has 0 aliphatic carbocycles. The Kier molecular flexibility index (Phi) is 3.46. The third-order valence-corrected chi connectivity index (χ3v) is 3.29. The number of ether oxygens (including phenoxy) is 1. The van der Waals surface area contributed by atoms with Crippen molar-refractivity contribution in [1.29, 1.82) is 0 Å². The second-order valence-electron chi connectivity index (χ2n) is 3.98. The van der Waals surface area contributed by atoms with Gasteiger partial charge in [0.25, 0.3) is 0 Å². The monoisotopic (exact) mass is 247 g/mol. The van der Waals surface area contributed by atoms with Crippen molar-refractivity contribution >= 4 is 11.6 Å². The van der Waals surface area contributed by atoms with Crippen LogP contribution < -0.4 is 0 Å². The quantitative estimate of drug-likeness (QED) is 0.826. The molecule has 1 aromatic heterocycles. The van der Waals surface area contributed by atoms with Gasteiger partial charge >= 0.3 is 0 Å². The van der Waals surface area contributed by atoms with Crippen LogP contribution in [0.2, 0.25) is 5.02 Å². The van der Waals surface area contributed by atoms with E-state index in [1.807, 2.05) is 43.3 Å². The molecule has 88 valence electrons. The summed E-state index contributed by atoms with van der Waals surface area (Å²) in [5.41, 5.74) is 1.65. The Morgan fingerprint density at radius 3 is 2.06 bits per heavy atom. The first-order chi connectivity index (χ1) is 8.16. The van der Waals surface area contributed by atoms with E-state index < -0.39 is 5.60 Å². The molecular weight excluding hydrogens is 234 g/mol. The lowest BCUT2D eigenvalue weighted by Gasteiger charge is -2.29. The Morgan fingerprint density at radius 2 is 1.53 bits per heavy atom. The molecule has 0 fully saturated rings. The van der Waals surface area contributed by atoms with Crippen LogP contribution in [-0.2, 0) is 10.3 Å². The number of benzene rings is 1. The largest absolute Gasteiger partial charge is 0.369 e. The lowest BCUT2D eigenvalue weighted by molar-refractivity contribution is 0.0390. The molecule has 0 saturated heterocycles. The van der Waals surface area contributed by atoms with E-state index in [1.54, 1.807) is 19.5 Å². The number of hydrogen-bond donors (Lipinski definition) is 0. The van der Waals surface area contributed by atoms with E-state index in [9.17, 15) is 0 Å². The number of halogens is 1. The summed E-state index contributed by atoms with van der Waals surface area (Å²) in [6.07, 6.45) is 3.53. The molecule has 1 aromatic carbocycles. The Labute approximate surface area is 106 Å². The van der Waals surface area contributed by atoms with Gasteiger partial charge in [-0.25, -0.2) is 0 Å². The second-order valence-corrected chi connectivity index (χ2v) is 4.42. The molecule has 2 rings (SSSR count). The highest BCUT2D eigenvalue weighted by atomic mass is 35.5. The predicted octanol–water partition coefficient (Wildman–Crippen LogP) is 3.64. The number of pyridine rings is 1. The van der Waals surface area contributed by atoms with E-state index in [2.05, 4.69) is 4.98 Å². The highest BCUT2D eigenvalue weighted by Crippen LogP contribution is 2.32. The van der Waals surface area contributed by atoms with Crippen molar-refractivity contribution in [1.82, 2.24) is 4.98 Å². The zero-order valence-corrected chi connectivity index (χ0v) is 10.6. The third kappa shape index (κ3) is 2.33. The van der Waals surface area contributed by atoms with E-state index in [4.69, 9.17) is 16.3 Å². The maximum Gasteiger partial charge on any atom is 0.115 e. The molecule has 3 heteroatoms. The standard InChI is InChI=1S/C14H14ClNO/c1-14(17-2,12-7-9-16-10-8-12)11-3-5-13(15)6-4-11/h3-10H,1-2H3/t14-/m1/s1. The van der Waals surface area contributed by atoms with Crippen LogP contribution in [0.25, 0.3) is 0 Å². The van der Waals surface area contributed by atoms with E-state index in [0.29, 0.717) is 0 Å². The van der Waals surface area contributed by atoms with Gasteiger partial charge in [-0.2, -0.15) is 0 Å². The molecule has 0 aliphatic rings. The first kappa shape index (κ1) is 12.1. The first-order valence-electron chi connectivity index (χ1n) is 5.38. The molecule has 0 N–H and O–H groups in total. The summed E-state index contributed by atoms with van der Waals surface area (Å²) in [5, 5.41) is 0.724. The molecule has 0 aliphatic heterocycles. The fourth-order valence-electron chi connectivity index (χ4n) is 1.84. The minimum atomic E-state index is -0.479. The lowest BCUT2D eigenvalue weighted by Crippen LogP contribution is -2.25. The molecule has 1 atom stereocenters. The van der Waals surface area contributed by atoms with E-state index in [1.165, 1.54) is 0 Å². The summed E-state index contributed by atoms with van der Waals surface area (Å²) in [5.74, 6) is 0. The van der Waals surface area contributed by atoms with Crippen LogP contribution in [0.15, 0.2) is 48.8 Å². The molecule has 0 saturated carbocycles. The highest BCUT2D eigenvalue weighted by Gasteiger charge is 2.28. The topological polar surface area (TPSA) is 22.1 Å². The fourth-order valence-corrected chi connectivity index (χ4v) is 1.97. The van der Waals surface area contributed by atoms with Crippen LogP contribution in [0.3, 0.4) is 0 Å². The molecule has 0 unspecified atom stereocenters.